The van der Waals surface area contributed by atoms with E-state index in [9.17, 15) is 4.79 Å². The van der Waals surface area contributed by atoms with Gasteiger partial charge in [-0.3, -0.25) is 4.79 Å². The number of carbonyl (C=O) groups excluding carboxylic acids is 1. The van der Waals surface area contributed by atoms with Crippen LogP contribution in [0.3, 0.4) is 0 Å². The van der Waals surface area contributed by atoms with Crippen molar-refractivity contribution in [3.8, 4) is 0 Å². The lowest BCUT2D eigenvalue weighted by molar-refractivity contribution is -0.130. The van der Waals surface area contributed by atoms with E-state index in [1.807, 2.05) is 18.7 Å². The maximum atomic E-state index is 12.0. The van der Waals surface area contributed by atoms with Crippen LogP contribution in [0.5, 0.6) is 0 Å². The Morgan fingerprint density at radius 3 is 2.35 bits per heavy atom. The van der Waals surface area contributed by atoms with Gasteiger partial charge in [-0.25, -0.2) is 0 Å². The molecule has 0 saturated carbocycles. The van der Waals surface area contributed by atoms with Crippen molar-refractivity contribution >= 4 is 5.91 Å². The zero-order chi connectivity index (χ0) is 15.0. The highest BCUT2D eigenvalue weighted by molar-refractivity contribution is 5.78. The molecule has 0 aromatic heterocycles. The molecule has 1 amide bonds. The number of nitrogens with one attached hydrogen (secondary N) is 1. The van der Waals surface area contributed by atoms with Crippen LogP contribution < -0.4 is 5.32 Å². The van der Waals surface area contributed by atoms with Gasteiger partial charge in [-0.1, -0.05) is 6.92 Å². The number of amides is 1. The van der Waals surface area contributed by atoms with E-state index >= 15 is 0 Å². The number of piperidine rings is 1. The number of likely N-dealkylation sites (N-methyl/N-ethyl adjacent to an activating group) is 1. The molecule has 1 unspecified atom stereocenters. The van der Waals surface area contributed by atoms with Crippen LogP contribution in [-0.4, -0.2) is 61.0 Å². The third kappa shape index (κ3) is 5.41. The second-order valence-corrected chi connectivity index (χ2v) is 5.91. The Morgan fingerprint density at radius 1 is 1.25 bits per heavy atom. The number of hydrogen-bond acceptors (Lipinski definition) is 3. The molecular formula is C16H33N3O. The third-order valence-electron chi connectivity index (χ3n) is 4.57. The van der Waals surface area contributed by atoms with Gasteiger partial charge in [0.15, 0.2) is 0 Å². The molecule has 20 heavy (non-hydrogen) atoms. The second kappa shape index (κ2) is 9.35. The van der Waals surface area contributed by atoms with Gasteiger partial charge in [-0.15, -0.1) is 0 Å². The van der Waals surface area contributed by atoms with Crippen LogP contribution >= 0.6 is 0 Å². The first-order valence-corrected chi connectivity index (χ1v) is 8.35. The summed E-state index contributed by atoms with van der Waals surface area (Å²) in [5.41, 5.74) is 0. The molecule has 0 aliphatic carbocycles. The summed E-state index contributed by atoms with van der Waals surface area (Å²) in [5, 5.41) is 3.44. The average molecular weight is 283 g/mol. The van der Waals surface area contributed by atoms with E-state index in [4.69, 9.17) is 0 Å². The fourth-order valence-corrected chi connectivity index (χ4v) is 3.10. The molecular weight excluding hydrogens is 250 g/mol. The minimum Gasteiger partial charge on any atom is -0.342 e. The zero-order valence-electron chi connectivity index (χ0n) is 13.8. The molecule has 4 nitrogen and oxygen atoms in total. The average Bonchev–Trinajstić information content (AvgIpc) is 2.47. The number of carbonyl (C=O) groups is 1. The van der Waals surface area contributed by atoms with Crippen molar-refractivity contribution in [2.75, 3.05) is 39.3 Å². The fourth-order valence-electron chi connectivity index (χ4n) is 3.10. The number of nitrogens with zero attached hydrogens (tertiary/aromatic N) is 2. The molecule has 118 valence electrons. The van der Waals surface area contributed by atoms with E-state index in [0.29, 0.717) is 18.5 Å². The van der Waals surface area contributed by atoms with E-state index < -0.39 is 0 Å². The molecule has 1 N–H and O–H groups in total. The molecule has 0 radical (unpaired) electrons. The van der Waals surface area contributed by atoms with Crippen LogP contribution in [0.25, 0.3) is 0 Å². The van der Waals surface area contributed by atoms with Gasteiger partial charge >= 0.3 is 0 Å². The summed E-state index contributed by atoms with van der Waals surface area (Å²) >= 11 is 0. The maximum Gasteiger partial charge on any atom is 0.236 e. The second-order valence-electron chi connectivity index (χ2n) is 5.91. The molecule has 1 saturated heterocycles. The molecule has 1 rings (SSSR count). The summed E-state index contributed by atoms with van der Waals surface area (Å²) in [6.07, 6.45) is 3.76. The van der Waals surface area contributed by atoms with E-state index in [2.05, 4.69) is 24.1 Å². The van der Waals surface area contributed by atoms with Gasteiger partial charge in [0.2, 0.25) is 5.91 Å². The molecule has 1 aliphatic heterocycles. The Kier molecular flexibility index (Phi) is 8.15. The first-order chi connectivity index (χ1) is 9.62. The van der Waals surface area contributed by atoms with Crippen LogP contribution in [0.2, 0.25) is 0 Å². The predicted molar refractivity (Wildman–Crippen MR) is 84.8 cm³/mol. The topological polar surface area (TPSA) is 35.6 Å². The Balaban J connectivity index is 2.26. The third-order valence-corrected chi connectivity index (χ3v) is 4.57. The fraction of sp³-hybridized carbons (Fsp3) is 0.938. The molecule has 1 atom stereocenters. The van der Waals surface area contributed by atoms with Crippen LogP contribution in [0.1, 0.15) is 47.0 Å². The molecule has 0 aromatic carbocycles. The highest BCUT2D eigenvalue weighted by atomic mass is 16.2. The van der Waals surface area contributed by atoms with Crippen molar-refractivity contribution in [3.63, 3.8) is 0 Å². The highest BCUT2D eigenvalue weighted by Crippen LogP contribution is 2.20. The largest absolute Gasteiger partial charge is 0.342 e. The van der Waals surface area contributed by atoms with E-state index in [1.165, 1.54) is 38.9 Å². The van der Waals surface area contributed by atoms with Gasteiger partial charge in [-0.2, -0.15) is 0 Å². The normalized spacial score (nSPS) is 19.0. The standard InChI is InChI=1S/C16H33N3O/c1-5-10-18-11-8-15(9-12-18)14(4)17-13-16(20)19(6-2)7-3/h14-15,17H,5-13H2,1-4H3. The first kappa shape index (κ1) is 17.4. The van der Waals surface area contributed by atoms with Crippen LogP contribution in [0.4, 0.5) is 0 Å². The van der Waals surface area contributed by atoms with E-state index in [0.717, 1.165) is 13.1 Å². The van der Waals surface area contributed by atoms with E-state index in [1.54, 1.807) is 0 Å². The molecule has 1 heterocycles. The lowest BCUT2D eigenvalue weighted by Crippen LogP contribution is -2.46. The summed E-state index contributed by atoms with van der Waals surface area (Å²) in [4.78, 5) is 16.4. The minimum absolute atomic E-state index is 0.227. The molecule has 4 heteroatoms. The Morgan fingerprint density at radius 2 is 1.85 bits per heavy atom. The van der Waals surface area contributed by atoms with Gasteiger partial charge in [-0.05, 0) is 65.6 Å². The van der Waals surface area contributed by atoms with Crippen molar-refractivity contribution in [3.05, 3.63) is 0 Å². The molecule has 0 aromatic rings. The Hall–Kier alpha value is -0.610. The SMILES string of the molecule is CCCN1CCC(C(C)NCC(=O)N(CC)CC)CC1. The van der Waals surface area contributed by atoms with Crippen molar-refractivity contribution in [1.82, 2.24) is 15.1 Å². The maximum absolute atomic E-state index is 12.0. The van der Waals surface area contributed by atoms with Crippen molar-refractivity contribution < 1.29 is 4.79 Å². The molecule has 0 bridgehead atoms. The summed E-state index contributed by atoms with van der Waals surface area (Å²) in [5.74, 6) is 0.942. The Bertz CT molecular complexity index is 271. The predicted octanol–water partition coefficient (Wildman–Crippen LogP) is 1.95. The van der Waals surface area contributed by atoms with Crippen LogP contribution in [-0.2, 0) is 4.79 Å². The van der Waals surface area contributed by atoms with Gasteiger partial charge in [0, 0.05) is 19.1 Å². The Labute approximate surface area is 124 Å². The van der Waals surface area contributed by atoms with E-state index in [-0.39, 0.29) is 5.91 Å². The smallest absolute Gasteiger partial charge is 0.236 e. The molecule has 0 spiro atoms. The minimum atomic E-state index is 0.227. The molecule has 1 fully saturated rings. The number of rotatable bonds is 8. The summed E-state index contributed by atoms with van der Waals surface area (Å²) < 4.78 is 0. The monoisotopic (exact) mass is 283 g/mol. The number of likely N-dealkylation sites (tertiary alicyclic amines) is 1. The quantitative estimate of drug-likeness (QED) is 0.739. The van der Waals surface area contributed by atoms with Crippen molar-refractivity contribution in [2.24, 2.45) is 5.92 Å². The lowest BCUT2D eigenvalue weighted by Gasteiger charge is -2.35. The van der Waals surface area contributed by atoms with Gasteiger partial charge < -0.3 is 15.1 Å². The van der Waals surface area contributed by atoms with Crippen LogP contribution in [0.15, 0.2) is 0 Å². The number of hydrogen-bond donors (Lipinski definition) is 1. The summed E-state index contributed by atoms with van der Waals surface area (Å²) in [6, 6.07) is 0.443. The summed E-state index contributed by atoms with van der Waals surface area (Å²) in [6.45, 7) is 14.3. The van der Waals surface area contributed by atoms with Crippen LogP contribution in [0, 0.1) is 5.92 Å². The highest BCUT2D eigenvalue weighted by Gasteiger charge is 2.23. The van der Waals surface area contributed by atoms with Crippen molar-refractivity contribution in [2.45, 2.75) is 53.0 Å². The lowest BCUT2D eigenvalue weighted by atomic mass is 9.90. The van der Waals surface area contributed by atoms with Gasteiger partial charge in [0.25, 0.3) is 0 Å². The zero-order valence-corrected chi connectivity index (χ0v) is 13.8. The van der Waals surface area contributed by atoms with Gasteiger partial charge in [0.1, 0.15) is 0 Å². The first-order valence-electron chi connectivity index (χ1n) is 8.35. The summed E-state index contributed by atoms with van der Waals surface area (Å²) in [7, 11) is 0. The van der Waals surface area contributed by atoms with Gasteiger partial charge in [0.05, 0.1) is 6.54 Å². The van der Waals surface area contributed by atoms with Crippen molar-refractivity contribution in [1.29, 1.82) is 0 Å². The molecule has 1 aliphatic rings.